The number of piperazine rings is 1. The van der Waals surface area contributed by atoms with Crippen LogP contribution in [-0.4, -0.2) is 65.5 Å². The zero-order valence-corrected chi connectivity index (χ0v) is 15.7. The Bertz CT molecular complexity index is 1100. The van der Waals surface area contributed by atoms with Crippen LogP contribution in [-0.2, 0) is 0 Å². The van der Waals surface area contributed by atoms with Crippen molar-refractivity contribution in [3.05, 3.63) is 54.6 Å². The van der Waals surface area contributed by atoms with Crippen LogP contribution in [0.3, 0.4) is 0 Å². The van der Waals surface area contributed by atoms with E-state index < -0.39 is 0 Å². The Morgan fingerprint density at radius 2 is 1.71 bits per heavy atom. The second kappa shape index (κ2) is 6.97. The van der Waals surface area contributed by atoms with E-state index in [-0.39, 0.29) is 5.91 Å². The number of amides is 1. The molecule has 0 radical (unpaired) electrons. The van der Waals surface area contributed by atoms with Gasteiger partial charge in [-0.05, 0) is 30.3 Å². The number of imidazole rings is 1. The topological polar surface area (TPSA) is 92.9 Å². The molecular formula is C18H16N8OS. The van der Waals surface area contributed by atoms with E-state index in [2.05, 4.69) is 28.8 Å². The van der Waals surface area contributed by atoms with Gasteiger partial charge in [0.25, 0.3) is 5.91 Å². The van der Waals surface area contributed by atoms with Crippen LogP contribution in [0.2, 0.25) is 0 Å². The first-order valence-corrected chi connectivity index (χ1v) is 9.59. The lowest BCUT2D eigenvalue weighted by Gasteiger charge is -2.35. The number of carbonyl (C=O) groups excluding carboxylic acids is 1. The van der Waals surface area contributed by atoms with E-state index in [0.29, 0.717) is 31.7 Å². The number of benzene rings is 1. The van der Waals surface area contributed by atoms with Gasteiger partial charge in [0, 0.05) is 44.1 Å². The van der Waals surface area contributed by atoms with E-state index in [1.165, 1.54) is 0 Å². The van der Waals surface area contributed by atoms with Crippen LogP contribution in [0.25, 0.3) is 16.9 Å². The standard InChI is InChI=1S/C18H16N8OS/c27-18(13-1-2-14-15(11-13)23-28-22-14)25-9-7-24(8-10-25)16-3-4-17(21-20-16)26-6-5-19-12-26/h1-6,11-12H,7-10H2. The second-order valence-electron chi connectivity index (χ2n) is 6.47. The molecule has 1 aromatic carbocycles. The summed E-state index contributed by atoms with van der Waals surface area (Å²) in [7, 11) is 0. The fourth-order valence-electron chi connectivity index (χ4n) is 3.26. The summed E-state index contributed by atoms with van der Waals surface area (Å²) < 4.78 is 10.2. The summed E-state index contributed by atoms with van der Waals surface area (Å²) in [6.07, 6.45) is 5.22. The lowest BCUT2D eigenvalue weighted by atomic mass is 10.1. The normalized spacial score (nSPS) is 14.6. The summed E-state index contributed by atoms with van der Waals surface area (Å²) >= 11 is 1.16. The predicted octanol–water partition coefficient (Wildman–Crippen LogP) is 1.63. The minimum Gasteiger partial charge on any atom is -0.352 e. The molecule has 4 aromatic rings. The van der Waals surface area contributed by atoms with Crippen molar-refractivity contribution in [2.45, 2.75) is 0 Å². The number of anilines is 1. The third-order valence-corrected chi connectivity index (χ3v) is 5.35. The van der Waals surface area contributed by atoms with Gasteiger partial charge in [0.2, 0.25) is 0 Å². The van der Waals surface area contributed by atoms with Crippen LogP contribution in [0.15, 0.2) is 49.1 Å². The van der Waals surface area contributed by atoms with Crippen molar-refractivity contribution in [3.8, 4) is 5.82 Å². The van der Waals surface area contributed by atoms with Crippen molar-refractivity contribution in [1.29, 1.82) is 0 Å². The number of fused-ring (bicyclic) bond motifs is 1. The maximum atomic E-state index is 12.8. The number of nitrogens with zero attached hydrogens (tertiary/aromatic N) is 8. The first-order valence-electron chi connectivity index (χ1n) is 8.86. The highest BCUT2D eigenvalue weighted by atomic mass is 32.1. The highest BCUT2D eigenvalue weighted by Crippen LogP contribution is 2.18. The van der Waals surface area contributed by atoms with Gasteiger partial charge in [-0.2, -0.15) is 8.75 Å². The van der Waals surface area contributed by atoms with Crippen LogP contribution in [0.4, 0.5) is 5.82 Å². The molecule has 1 fully saturated rings. The molecule has 0 aliphatic carbocycles. The molecule has 1 aliphatic heterocycles. The molecule has 0 bridgehead atoms. The van der Waals surface area contributed by atoms with Crippen molar-refractivity contribution < 1.29 is 4.79 Å². The van der Waals surface area contributed by atoms with Gasteiger partial charge in [-0.3, -0.25) is 9.36 Å². The predicted molar refractivity (Wildman–Crippen MR) is 105 cm³/mol. The van der Waals surface area contributed by atoms with Gasteiger partial charge >= 0.3 is 0 Å². The molecule has 140 valence electrons. The first-order chi connectivity index (χ1) is 13.8. The minimum absolute atomic E-state index is 0.0242. The number of carbonyl (C=O) groups is 1. The summed E-state index contributed by atoms with van der Waals surface area (Å²) in [5.74, 6) is 1.56. The molecule has 9 nitrogen and oxygen atoms in total. The van der Waals surface area contributed by atoms with Crippen LogP contribution < -0.4 is 4.90 Å². The molecule has 1 saturated heterocycles. The van der Waals surface area contributed by atoms with Gasteiger partial charge < -0.3 is 9.80 Å². The van der Waals surface area contributed by atoms with E-state index in [1.807, 2.05) is 46.0 Å². The summed E-state index contributed by atoms with van der Waals surface area (Å²) in [5.41, 5.74) is 2.24. The Hall–Kier alpha value is -3.40. The molecule has 4 heterocycles. The van der Waals surface area contributed by atoms with E-state index >= 15 is 0 Å². The largest absolute Gasteiger partial charge is 0.352 e. The number of hydrogen-bond donors (Lipinski definition) is 0. The van der Waals surface area contributed by atoms with E-state index in [4.69, 9.17) is 0 Å². The molecule has 0 spiro atoms. The van der Waals surface area contributed by atoms with E-state index in [9.17, 15) is 4.79 Å². The van der Waals surface area contributed by atoms with Gasteiger partial charge in [-0.1, -0.05) is 0 Å². The lowest BCUT2D eigenvalue weighted by molar-refractivity contribution is 0.0746. The Morgan fingerprint density at radius 3 is 2.46 bits per heavy atom. The first kappa shape index (κ1) is 16.8. The lowest BCUT2D eigenvalue weighted by Crippen LogP contribution is -2.49. The third-order valence-electron chi connectivity index (χ3n) is 4.80. The molecule has 0 N–H and O–H groups in total. The Balaban J connectivity index is 1.25. The van der Waals surface area contributed by atoms with Crippen LogP contribution in [0.1, 0.15) is 10.4 Å². The number of hydrogen-bond acceptors (Lipinski definition) is 8. The van der Waals surface area contributed by atoms with Gasteiger partial charge in [-0.25, -0.2) is 4.98 Å². The monoisotopic (exact) mass is 392 g/mol. The Morgan fingerprint density at radius 1 is 0.929 bits per heavy atom. The van der Waals surface area contributed by atoms with Crippen LogP contribution >= 0.6 is 11.7 Å². The third kappa shape index (κ3) is 3.07. The quantitative estimate of drug-likeness (QED) is 0.523. The molecule has 3 aromatic heterocycles. The van der Waals surface area contributed by atoms with Gasteiger partial charge in [0.15, 0.2) is 11.6 Å². The highest BCUT2D eigenvalue weighted by Gasteiger charge is 2.23. The fraction of sp³-hybridized carbons (Fsp3) is 0.222. The summed E-state index contributed by atoms with van der Waals surface area (Å²) in [4.78, 5) is 20.8. The zero-order valence-electron chi connectivity index (χ0n) is 14.8. The average Bonchev–Trinajstić information content (AvgIpc) is 3.45. The summed E-state index contributed by atoms with van der Waals surface area (Å²) in [6, 6.07) is 9.34. The smallest absolute Gasteiger partial charge is 0.254 e. The molecule has 0 saturated carbocycles. The zero-order chi connectivity index (χ0) is 18.9. The van der Waals surface area contributed by atoms with Gasteiger partial charge in [-0.15, -0.1) is 10.2 Å². The molecule has 1 aliphatic rings. The Labute approximate surface area is 164 Å². The Kier molecular flexibility index (Phi) is 4.17. The average molecular weight is 392 g/mol. The maximum absolute atomic E-state index is 12.8. The molecule has 0 unspecified atom stereocenters. The number of aromatic nitrogens is 6. The van der Waals surface area contributed by atoms with Crippen molar-refractivity contribution in [2.24, 2.45) is 0 Å². The maximum Gasteiger partial charge on any atom is 0.254 e. The SMILES string of the molecule is O=C(c1ccc2nsnc2c1)N1CCN(c2ccc(-n3ccnc3)nn2)CC1. The van der Waals surface area contributed by atoms with Crippen molar-refractivity contribution in [1.82, 2.24) is 33.4 Å². The molecule has 0 atom stereocenters. The van der Waals surface area contributed by atoms with Crippen molar-refractivity contribution in [2.75, 3.05) is 31.1 Å². The van der Waals surface area contributed by atoms with Crippen molar-refractivity contribution in [3.63, 3.8) is 0 Å². The second-order valence-corrected chi connectivity index (χ2v) is 7.00. The summed E-state index contributed by atoms with van der Waals surface area (Å²) in [6.45, 7) is 2.70. The molecule has 28 heavy (non-hydrogen) atoms. The molecule has 5 rings (SSSR count). The fourth-order valence-corrected chi connectivity index (χ4v) is 3.77. The number of rotatable bonds is 3. The highest BCUT2D eigenvalue weighted by molar-refractivity contribution is 7.00. The van der Waals surface area contributed by atoms with Gasteiger partial charge in [0.1, 0.15) is 17.4 Å². The molecule has 10 heteroatoms. The van der Waals surface area contributed by atoms with E-state index in [0.717, 1.165) is 34.4 Å². The van der Waals surface area contributed by atoms with Crippen molar-refractivity contribution >= 4 is 34.5 Å². The van der Waals surface area contributed by atoms with Crippen LogP contribution in [0, 0.1) is 0 Å². The van der Waals surface area contributed by atoms with Crippen LogP contribution in [0.5, 0.6) is 0 Å². The van der Waals surface area contributed by atoms with E-state index in [1.54, 1.807) is 12.5 Å². The summed E-state index contributed by atoms with van der Waals surface area (Å²) in [5, 5.41) is 8.59. The molecular weight excluding hydrogens is 376 g/mol. The van der Waals surface area contributed by atoms with Gasteiger partial charge in [0.05, 0.1) is 11.7 Å². The minimum atomic E-state index is 0.0242. The molecule has 1 amide bonds.